The third-order valence-corrected chi connectivity index (χ3v) is 4.79. The van der Waals surface area contributed by atoms with Crippen molar-refractivity contribution in [3.63, 3.8) is 0 Å². The van der Waals surface area contributed by atoms with Gasteiger partial charge in [-0.15, -0.1) is 0 Å². The Morgan fingerprint density at radius 2 is 2.00 bits per heavy atom. The van der Waals surface area contributed by atoms with Gasteiger partial charge in [0.05, 0.1) is 18.7 Å². The Morgan fingerprint density at radius 3 is 2.47 bits per heavy atom. The summed E-state index contributed by atoms with van der Waals surface area (Å²) >= 11 is 0. The average molecular weight is 290 g/mol. The number of nitrogens with one attached hydrogen (secondary N) is 1. The van der Waals surface area contributed by atoms with Crippen molar-refractivity contribution in [3.05, 3.63) is 0 Å². The SMILES string of the molecule is CCC(C#N)N1CCN(S(=O)(=O)NCCOC)CC1. The molecule has 1 heterocycles. The molecule has 1 N–H and O–H groups in total. The van der Waals surface area contributed by atoms with Crippen LogP contribution in [-0.4, -0.2) is 70.1 Å². The molecular weight excluding hydrogens is 268 g/mol. The zero-order chi connectivity index (χ0) is 14.3. The van der Waals surface area contributed by atoms with E-state index in [4.69, 9.17) is 10.00 Å². The Kier molecular flexibility index (Phi) is 6.68. The quantitative estimate of drug-likeness (QED) is 0.632. The van der Waals surface area contributed by atoms with E-state index in [1.165, 1.54) is 11.4 Å². The highest BCUT2D eigenvalue weighted by Crippen LogP contribution is 2.10. The molecule has 1 aliphatic heterocycles. The van der Waals surface area contributed by atoms with Crippen molar-refractivity contribution < 1.29 is 13.2 Å². The fourth-order valence-corrected chi connectivity index (χ4v) is 3.22. The topological polar surface area (TPSA) is 85.7 Å². The predicted molar refractivity (Wildman–Crippen MR) is 71.6 cm³/mol. The summed E-state index contributed by atoms with van der Waals surface area (Å²) in [7, 11) is -1.90. The maximum absolute atomic E-state index is 12.0. The summed E-state index contributed by atoms with van der Waals surface area (Å²) in [4.78, 5) is 2.03. The molecule has 1 atom stereocenters. The van der Waals surface area contributed by atoms with Crippen LogP contribution in [0.2, 0.25) is 0 Å². The Hall–Kier alpha value is -0.720. The van der Waals surface area contributed by atoms with E-state index in [9.17, 15) is 8.42 Å². The monoisotopic (exact) mass is 290 g/mol. The van der Waals surface area contributed by atoms with Crippen molar-refractivity contribution in [1.29, 1.82) is 5.26 Å². The van der Waals surface area contributed by atoms with Crippen LogP contribution in [0.3, 0.4) is 0 Å². The first kappa shape index (κ1) is 16.3. The van der Waals surface area contributed by atoms with Gasteiger partial charge < -0.3 is 4.74 Å². The highest BCUT2D eigenvalue weighted by molar-refractivity contribution is 7.87. The maximum atomic E-state index is 12.0. The molecule has 0 saturated carbocycles. The van der Waals surface area contributed by atoms with Crippen LogP contribution < -0.4 is 4.72 Å². The number of hydrogen-bond donors (Lipinski definition) is 1. The molecule has 0 aliphatic carbocycles. The first-order chi connectivity index (χ1) is 9.05. The van der Waals surface area contributed by atoms with Crippen molar-refractivity contribution in [2.45, 2.75) is 19.4 Å². The van der Waals surface area contributed by atoms with Crippen molar-refractivity contribution in [1.82, 2.24) is 13.9 Å². The molecule has 0 amide bonds. The molecule has 1 rings (SSSR count). The number of nitriles is 1. The van der Waals surface area contributed by atoms with Crippen molar-refractivity contribution in [2.24, 2.45) is 0 Å². The van der Waals surface area contributed by atoms with E-state index in [0.29, 0.717) is 32.8 Å². The van der Waals surface area contributed by atoms with Gasteiger partial charge in [-0.05, 0) is 6.42 Å². The second-order valence-electron chi connectivity index (χ2n) is 4.38. The smallest absolute Gasteiger partial charge is 0.279 e. The predicted octanol–water partition coefficient (Wildman–Crippen LogP) is -0.613. The van der Waals surface area contributed by atoms with E-state index in [1.54, 1.807) is 0 Å². The molecule has 110 valence electrons. The summed E-state index contributed by atoms with van der Waals surface area (Å²) in [5.41, 5.74) is 0. The summed E-state index contributed by atoms with van der Waals surface area (Å²) in [5, 5.41) is 9.00. The van der Waals surface area contributed by atoms with Crippen LogP contribution in [0, 0.1) is 11.3 Å². The van der Waals surface area contributed by atoms with E-state index < -0.39 is 10.2 Å². The molecule has 0 spiro atoms. The molecule has 0 aromatic rings. The van der Waals surface area contributed by atoms with Crippen LogP contribution in [0.15, 0.2) is 0 Å². The summed E-state index contributed by atoms with van der Waals surface area (Å²) in [6.07, 6.45) is 0.759. The van der Waals surface area contributed by atoms with Crippen molar-refractivity contribution in [2.75, 3.05) is 46.4 Å². The third kappa shape index (κ3) is 4.71. The lowest BCUT2D eigenvalue weighted by Gasteiger charge is -2.35. The maximum Gasteiger partial charge on any atom is 0.279 e. The molecule has 0 aromatic carbocycles. The average Bonchev–Trinajstić information content (AvgIpc) is 2.41. The summed E-state index contributed by atoms with van der Waals surface area (Å²) in [6.45, 7) is 4.61. The minimum Gasteiger partial charge on any atom is -0.383 e. The fourth-order valence-electron chi connectivity index (χ4n) is 2.05. The molecule has 0 bridgehead atoms. The lowest BCUT2D eigenvalue weighted by atomic mass is 10.2. The van der Waals surface area contributed by atoms with Gasteiger partial charge in [-0.1, -0.05) is 6.92 Å². The molecule has 0 radical (unpaired) electrons. The lowest BCUT2D eigenvalue weighted by molar-refractivity contribution is 0.158. The first-order valence-corrected chi connectivity index (χ1v) is 7.86. The summed E-state index contributed by atoms with van der Waals surface area (Å²) in [5.74, 6) is 0. The molecule has 1 saturated heterocycles. The van der Waals surface area contributed by atoms with Crippen LogP contribution >= 0.6 is 0 Å². The van der Waals surface area contributed by atoms with E-state index >= 15 is 0 Å². The normalized spacial score (nSPS) is 20.1. The van der Waals surface area contributed by atoms with Gasteiger partial charge in [0.2, 0.25) is 0 Å². The molecule has 1 unspecified atom stereocenters. The largest absolute Gasteiger partial charge is 0.383 e. The van der Waals surface area contributed by atoms with E-state index in [-0.39, 0.29) is 12.6 Å². The molecular formula is C11H22N4O3S. The Balaban J connectivity index is 2.47. The van der Waals surface area contributed by atoms with Gasteiger partial charge in [-0.2, -0.15) is 22.7 Å². The third-order valence-electron chi connectivity index (χ3n) is 3.18. The van der Waals surface area contributed by atoms with Crippen LogP contribution in [0.4, 0.5) is 0 Å². The zero-order valence-corrected chi connectivity index (χ0v) is 12.3. The molecule has 7 nitrogen and oxygen atoms in total. The van der Waals surface area contributed by atoms with Gasteiger partial charge in [-0.25, -0.2) is 0 Å². The molecule has 1 fully saturated rings. The van der Waals surface area contributed by atoms with E-state index in [2.05, 4.69) is 10.8 Å². The summed E-state index contributed by atoms with van der Waals surface area (Å²) < 4.78 is 32.6. The number of nitrogens with zero attached hydrogens (tertiary/aromatic N) is 3. The minimum absolute atomic E-state index is 0.119. The van der Waals surface area contributed by atoms with Gasteiger partial charge in [-0.3, -0.25) is 4.90 Å². The Labute approximate surface area is 115 Å². The van der Waals surface area contributed by atoms with Gasteiger partial charge >= 0.3 is 0 Å². The van der Waals surface area contributed by atoms with E-state index in [1.807, 2.05) is 11.8 Å². The fraction of sp³-hybridized carbons (Fsp3) is 0.909. The molecule has 19 heavy (non-hydrogen) atoms. The van der Waals surface area contributed by atoms with Crippen LogP contribution in [0.5, 0.6) is 0 Å². The highest BCUT2D eigenvalue weighted by atomic mass is 32.2. The van der Waals surface area contributed by atoms with E-state index in [0.717, 1.165) is 6.42 Å². The van der Waals surface area contributed by atoms with Crippen LogP contribution in [0.25, 0.3) is 0 Å². The summed E-state index contributed by atoms with van der Waals surface area (Å²) in [6, 6.07) is 2.12. The minimum atomic E-state index is -3.42. The Bertz CT molecular complexity index is 399. The second kappa shape index (κ2) is 7.77. The van der Waals surface area contributed by atoms with Gasteiger partial charge in [0, 0.05) is 39.8 Å². The molecule has 1 aliphatic rings. The number of ether oxygens (including phenoxy) is 1. The lowest BCUT2D eigenvalue weighted by Crippen LogP contribution is -2.54. The first-order valence-electron chi connectivity index (χ1n) is 6.42. The van der Waals surface area contributed by atoms with Crippen LogP contribution in [0.1, 0.15) is 13.3 Å². The van der Waals surface area contributed by atoms with Gasteiger partial charge in [0.25, 0.3) is 10.2 Å². The van der Waals surface area contributed by atoms with Crippen LogP contribution in [-0.2, 0) is 14.9 Å². The number of hydrogen-bond acceptors (Lipinski definition) is 5. The standard InChI is InChI=1S/C11H22N4O3S/c1-3-11(10-12)14-5-7-15(8-6-14)19(16,17)13-4-9-18-2/h11,13H,3-9H2,1-2H3. The molecule has 0 aromatic heterocycles. The van der Waals surface area contributed by atoms with Crippen molar-refractivity contribution >= 4 is 10.2 Å². The number of piperazine rings is 1. The van der Waals surface area contributed by atoms with Crippen molar-refractivity contribution in [3.8, 4) is 6.07 Å². The second-order valence-corrected chi connectivity index (χ2v) is 6.14. The molecule has 8 heteroatoms. The van der Waals surface area contributed by atoms with Gasteiger partial charge in [0.1, 0.15) is 0 Å². The van der Waals surface area contributed by atoms with Gasteiger partial charge in [0.15, 0.2) is 0 Å². The Morgan fingerprint density at radius 1 is 1.37 bits per heavy atom. The number of methoxy groups -OCH3 is 1. The number of rotatable bonds is 7. The zero-order valence-electron chi connectivity index (χ0n) is 11.5. The highest BCUT2D eigenvalue weighted by Gasteiger charge is 2.28.